The average molecular weight is 267 g/mol. The van der Waals surface area contributed by atoms with Crippen LogP contribution in [-0.2, 0) is 13.0 Å². The number of rotatable bonds is 6. The van der Waals surface area contributed by atoms with Gasteiger partial charge in [-0.05, 0) is 38.6 Å². The van der Waals surface area contributed by atoms with E-state index in [9.17, 15) is 0 Å². The smallest absolute Gasteiger partial charge is 0.185 e. The highest BCUT2D eigenvalue weighted by Crippen LogP contribution is 2.28. The minimum Gasteiger partial charge on any atom is -0.348 e. The molecule has 1 aliphatic heterocycles. The van der Waals surface area contributed by atoms with E-state index in [0.29, 0.717) is 0 Å². The lowest BCUT2D eigenvalue weighted by atomic mass is 10.1. The van der Waals surface area contributed by atoms with Crippen molar-refractivity contribution in [3.05, 3.63) is 10.6 Å². The molecule has 1 N–H and O–H groups in total. The van der Waals surface area contributed by atoms with E-state index >= 15 is 0 Å². The van der Waals surface area contributed by atoms with Gasteiger partial charge in [-0.2, -0.15) is 0 Å². The summed E-state index contributed by atoms with van der Waals surface area (Å²) in [5.41, 5.74) is 1.30. The summed E-state index contributed by atoms with van der Waals surface area (Å²) in [6.45, 7) is 8.89. The van der Waals surface area contributed by atoms with Gasteiger partial charge in [0.2, 0.25) is 0 Å². The van der Waals surface area contributed by atoms with Crippen molar-refractivity contribution in [2.24, 2.45) is 0 Å². The van der Waals surface area contributed by atoms with Crippen LogP contribution in [0.15, 0.2) is 0 Å². The van der Waals surface area contributed by atoms with E-state index in [1.807, 2.05) is 11.3 Å². The molecule has 0 atom stereocenters. The highest BCUT2D eigenvalue weighted by molar-refractivity contribution is 7.15. The Labute approximate surface area is 115 Å². The fourth-order valence-electron chi connectivity index (χ4n) is 2.38. The van der Waals surface area contributed by atoms with Gasteiger partial charge in [0, 0.05) is 24.5 Å². The highest BCUT2D eigenvalue weighted by atomic mass is 32.1. The maximum Gasteiger partial charge on any atom is 0.185 e. The Hall–Kier alpha value is -0.610. The number of nitrogens with one attached hydrogen (secondary N) is 1. The standard InChI is InChI=1S/C14H25N3S/c1-3-8-15-11-13-12(4-2)16-14(18-13)17-9-6-5-7-10-17/h15H,3-11H2,1-2H3. The van der Waals surface area contributed by atoms with Crippen LogP contribution in [0.5, 0.6) is 0 Å². The van der Waals surface area contributed by atoms with Gasteiger partial charge >= 0.3 is 0 Å². The molecule has 0 unspecified atom stereocenters. The number of hydrogen-bond acceptors (Lipinski definition) is 4. The van der Waals surface area contributed by atoms with E-state index in [1.54, 1.807) is 0 Å². The van der Waals surface area contributed by atoms with Gasteiger partial charge < -0.3 is 10.2 Å². The Kier molecular flexibility index (Phi) is 5.45. The molecule has 0 saturated carbocycles. The molecule has 1 saturated heterocycles. The summed E-state index contributed by atoms with van der Waals surface area (Å²) in [4.78, 5) is 8.74. The first kappa shape index (κ1) is 13.8. The lowest BCUT2D eigenvalue weighted by Crippen LogP contribution is -2.29. The van der Waals surface area contributed by atoms with E-state index in [-0.39, 0.29) is 0 Å². The summed E-state index contributed by atoms with van der Waals surface area (Å²) in [7, 11) is 0. The van der Waals surface area contributed by atoms with Crippen molar-refractivity contribution < 1.29 is 0 Å². The number of aromatic nitrogens is 1. The quantitative estimate of drug-likeness (QED) is 0.802. The Morgan fingerprint density at radius 3 is 2.67 bits per heavy atom. The zero-order valence-electron chi connectivity index (χ0n) is 11.7. The fraction of sp³-hybridized carbons (Fsp3) is 0.786. The third kappa shape index (κ3) is 3.45. The molecule has 1 aromatic heterocycles. The molecule has 2 rings (SSSR count). The zero-order chi connectivity index (χ0) is 12.8. The molecule has 18 heavy (non-hydrogen) atoms. The second-order valence-electron chi connectivity index (χ2n) is 4.94. The van der Waals surface area contributed by atoms with Crippen molar-refractivity contribution >= 4 is 16.5 Å². The van der Waals surface area contributed by atoms with E-state index in [1.165, 1.54) is 54.5 Å². The van der Waals surface area contributed by atoms with Gasteiger partial charge in [-0.15, -0.1) is 11.3 Å². The first-order chi connectivity index (χ1) is 8.85. The van der Waals surface area contributed by atoms with Crippen LogP contribution in [0.4, 0.5) is 5.13 Å². The normalized spacial score (nSPS) is 16.2. The molecule has 0 amide bonds. The summed E-state index contributed by atoms with van der Waals surface area (Å²) in [6, 6.07) is 0. The Bertz CT molecular complexity index is 356. The second kappa shape index (κ2) is 7.10. The van der Waals surface area contributed by atoms with Crippen LogP contribution in [0.2, 0.25) is 0 Å². The van der Waals surface area contributed by atoms with Crippen molar-refractivity contribution in [3.8, 4) is 0 Å². The SMILES string of the molecule is CCCNCc1sc(N2CCCCC2)nc1CC. The van der Waals surface area contributed by atoms with Crippen LogP contribution < -0.4 is 10.2 Å². The molecule has 2 heterocycles. The van der Waals surface area contributed by atoms with Gasteiger partial charge in [0.25, 0.3) is 0 Å². The minimum atomic E-state index is 0.989. The molecule has 1 fully saturated rings. The average Bonchev–Trinajstić information content (AvgIpc) is 2.83. The minimum absolute atomic E-state index is 0.989. The highest BCUT2D eigenvalue weighted by Gasteiger charge is 2.17. The van der Waals surface area contributed by atoms with Crippen LogP contribution in [0.3, 0.4) is 0 Å². The van der Waals surface area contributed by atoms with Gasteiger partial charge in [-0.3, -0.25) is 0 Å². The molecule has 0 aliphatic carbocycles. The molecule has 0 spiro atoms. The van der Waals surface area contributed by atoms with Crippen LogP contribution in [0.25, 0.3) is 0 Å². The molecular weight excluding hydrogens is 242 g/mol. The molecule has 1 aromatic rings. The summed E-state index contributed by atoms with van der Waals surface area (Å²) >= 11 is 1.89. The molecule has 4 heteroatoms. The van der Waals surface area contributed by atoms with Crippen LogP contribution in [0.1, 0.15) is 50.1 Å². The third-order valence-electron chi connectivity index (χ3n) is 3.44. The first-order valence-corrected chi connectivity index (χ1v) is 8.11. The topological polar surface area (TPSA) is 28.2 Å². The molecule has 3 nitrogen and oxygen atoms in total. The van der Waals surface area contributed by atoms with Gasteiger partial charge in [0.05, 0.1) is 5.69 Å². The van der Waals surface area contributed by atoms with Crippen molar-refractivity contribution in [2.45, 2.75) is 52.5 Å². The van der Waals surface area contributed by atoms with Crippen LogP contribution in [0, 0.1) is 0 Å². The number of nitrogens with zero attached hydrogens (tertiary/aromatic N) is 2. The van der Waals surface area contributed by atoms with E-state index < -0.39 is 0 Å². The zero-order valence-corrected chi connectivity index (χ0v) is 12.5. The first-order valence-electron chi connectivity index (χ1n) is 7.29. The van der Waals surface area contributed by atoms with Crippen molar-refractivity contribution in [1.29, 1.82) is 0 Å². The van der Waals surface area contributed by atoms with Gasteiger partial charge in [0.1, 0.15) is 0 Å². The lowest BCUT2D eigenvalue weighted by molar-refractivity contribution is 0.576. The predicted molar refractivity (Wildman–Crippen MR) is 79.6 cm³/mol. The Morgan fingerprint density at radius 1 is 1.22 bits per heavy atom. The predicted octanol–water partition coefficient (Wildman–Crippen LogP) is 3.20. The monoisotopic (exact) mass is 267 g/mol. The Balaban J connectivity index is 2.02. The summed E-state index contributed by atoms with van der Waals surface area (Å²) in [6.07, 6.45) is 6.27. The van der Waals surface area contributed by atoms with E-state index in [0.717, 1.165) is 19.5 Å². The molecule has 102 valence electrons. The maximum absolute atomic E-state index is 4.84. The molecule has 0 bridgehead atoms. The largest absolute Gasteiger partial charge is 0.348 e. The summed E-state index contributed by atoms with van der Waals surface area (Å²) in [5, 5.41) is 4.74. The molecule has 1 aliphatic rings. The third-order valence-corrected chi connectivity index (χ3v) is 4.60. The number of anilines is 1. The van der Waals surface area contributed by atoms with Crippen LogP contribution in [-0.4, -0.2) is 24.6 Å². The number of thiazole rings is 1. The summed E-state index contributed by atoms with van der Waals surface area (Å²) < 4.78 is 0. The number of piperidine rings is 1. The Morgan fingerprint density at radius 2 is 2.00 bits per heavy atom. The van der Waals surface area contributed by atoms with Gasteiger partial charge in [-0.1, -0.05) is 13.8 Å². The molecule has 0 aromatic carbocycles. The van der Waals surface area contributed by atoms with Gasteiger partial charge in [-0.25, -0.2) is 4.98 Å². The van der Waals surface area contributed by atoms with Gasteiger partial charge in [0.15, 0.2) is 5.13 Å². The fourth-order valence-corrected chi connectivity index (χ4v) is 3.55. The summed E-state index contributed by atoms with van der Waals surface area (Å²) in [5.74, 6) is 0. The second-order valence-corrected chi connectivity index (χ2v) is 6.01. The van der Waals surface area contributed by atoms with Crippen molar-refractivity contribution in [1.82, 2.24) is 10.3 Å². The van der Waals surface area contributed by atoms with E-state index in [4.69, 9.17) is 4.98 Å². The molecule has 0 radical (unpaired) electrons. The van der Waals surface area contributed by atoms with E-state index in [2.05, 4.69) is 24.1 Å². The molecular formula is C14H25N3S. The number of aryl methyl sites for hydroxylation is 1. The maximum atomic E-state index is 4.84. The van der Waals surface area contributed by atoms with Crippen LogP contribution >= 0.6 is 11.3 Å². The van der Waals surface area contributed by atoms with Crippen molar-refractivity contribution in [3.63, 3.8) is 0 Å². The van der Waals surface area contributed by atoms with Crippen molar-refractivity contribution in [2.75, 3.05) is 24.5 Å². The number of hydrogen-bond donors (Lipinski definition) is 1. The lowest BCUT2D eigenvalue weighted by Gasteiger charge is -2.25.